The number of aliphatic carboxylic acids is 1. The van der Waals surface area contributed by atoms with Gasteiger partial charge in [-0.05, 0) is 30.5 Å². The van der Waals surface area contributed by atoms with Crippen molar-refractivity contribution in [1.29, 1.82) is 0 Å². The number of carbonyl (C=O) groups is 3. The number of methoxy groups -OCH3 is 1. The van der Waals surface area contributed by atoms with Crippen LogP contribution in [0.5, 0.6) is 5.75 Å². The maximum absolute atomic E-state index is 12.7. The first-order chi connectivity index (χ1) is 12.6. The summed E-state index contributed by atoms with van der Waals surface area (Å²) in [5.74, 6) is -1.08. The summed E-state index contributed by atoms with van der Waals surface area (Å²) in [4.78, 5) is 37.8. The van der Waals surface area contributed by atoms with Gasteiger partial charge < -0.3 is 20.1 Å². The number of likely N-dealkylation sites (tertiary alicyclic amines) is 1. The number of benzene rings is 1. The maximum Gasteiger partial charge on any atom is 0.305 e. The van der Waals surface area contributed by atoms with Crippen LogP contribution < -0.4 is 10.1 Å². The Morgan fingerprint density at radius 2 is 1.96 bits per heavy atom. The monoisotopic (exact) mass is 376 g/mol. The average Bonchev–Trinajstić information content (AvgIpc) is 2.95. The molecule has 148 valence electrons. The van der Waals surface area contributed by atoms with Crippen molar-refractivity contribution in [2.75, 3.05) is 13.7 Å². The number of nitrogens with zero attached hydrogens (tertiary/aromatic N) is 1. The molecule has 2 unspecified atom stereocenters. The molecule has 0 spiro atoms. The van der Waals surface area contributed by atoms with Crippen molar-refractivity contribution in [3.63, 3.8) is 0 Å². The quantitative estimate of drug-likeness (QED) is 0.724. The topological polar surface area (TPSA) is 95.9 Å². The molecule has 1 aliphatic heterocycles. The van der Waals surface area contributed by atoms with Gasteiger partial charge >= 0.3 is 5.97 Å². The average molecular weight is 376 g/mol. The van der Waals surface area contributed by atoms with Gasteiger partial charge in [0.25, 0.3) is 0 Å². The van der Waals surface area contributed by atoms with E-state index in [1.54, 1.807) is 18.9 Å². The maximum atomic E-state index is 12.7. The van der Waals surface area contributed by atoms with E-state index in [4.69, 9.17) is 9.84 Å². The van der Waals surface area contributed by atoms with E-state index in [0.29, 0.717) is 13.1 Å². The van der Waals surface area contributed by atoms with Crippen LogP contribution >= 0.6 is 0 Å². The van der Waals surface area contributed by atoms with Crippen LogP contribution in [0.25, 0.3) is 0 Å². The molecule has 1 heterocycles. The third kappa shape index (κ3) is 5.21. The Morgan fingerprint density at radius 3 is 2.48 bits per heavy atom. The Hall–Kier alpha value is -2.57. The summed E-state index contributed by atoms with van der Waals surface area (Å²) in [5, 5.41) is 12.0. The summed E-state index contributed by atoms with van der Waals surface area (Å²) < 4.78 is 5.13. The Labute approximate surface area is 159 Å². The fourth-order valence-corrected chi connectivity index (χ4v) is 3.14. The summed E-state index contributed by atoms with van der Waals surface area (Å²) >= 11 is 0. The van der Waals surface area contributed by atoms with Crippen molar-refractivity contribution in [2.45, 2.75) is 45.7 Å². The Balaban J connectivity index is 2.00. The van der Waals surface area contributed by atoms with Gasteiger partial charge in [-0.3, -0.25) is 14.4 Å². The van der Waals surface area contributed by atoms with Gasteiger partial charge in [-0.2, -0.15) is 0 Å². The lowest BCUT2D eigenvalue weighted by Crippen LogP contribution is -2.53. The van der Waals surface area contributed by atoms with Crippen LogP contribution in [0.3, 0.4) is 0 Å². The fraction of sp³-hybridized carbons (Fsp3) is 0.550. The van der Waals surface area contributed by atoms with Crippen LogP contribution in [0.4, 0.5) is 0 Å². The second-order valence-electron chi connectivity index (χ2n) is 7.66. The lowest BCUT2D eigenvalue weighted by molar-refractivity contribution is -0.140. The van der Waals surface area contributed by atoms with Crippen molar-refractivity contribution in [2.24, 2.45) is 11.8 Å². The molecular formula is C20H28N2O5. The van der Waals surface area contributed by atoms with E-state index in [-0.39, 0.29) is 30.6 Å². The predicted octanol–water partition coefficient (Wildman–Crippen LogP) is 2.05. The molecule has 2 rings (SSSR count). The van der Waals surface area contributed by atoms with Crippen LogP contribution in [0.15, 0.2) is 24.3 Å². The lowest BCUT2D eigenvalue weighted by atomic mass is 9.84. The summed E-state index contributed by atoms with van der Waals surface area (Å²) in [7, 11) is 1.59. The van der Waals surface area contributed by atoms with E-state index in [0.717, 1.165) is 11.3 Å². The number of carbonyl (C=O) groups excluding carboxylic acids is 2. The minimum atomic E-state index is -0.963. The Bertz CT molecular complexity index is 701. The number of amides is 2. The molecule has 0 radical (unpaired) electrons. The summed E-state index contributed by atoms with van der Waals surface area (Å²) in [6, 6.07) is 7.45. The standard InChI is InChI=1S/C20H28N2O5/c1-13(2)20(3,10-18(24)25)21-19(26)15-9-17(23)22(12-15)11-14-5-7-16(27-4)8-6-14/h5-8,13,15H,9-12H2,1-4H3,(H,21,26)(H,24,25). The summed E-state index contributed by atoms with van der Waals surface area (Å²) in [5.41, 5.74) is 0.109. The first-order valence-electron chi connectivity index (χ1n) is 9.09. The zero-order valence-corrected chi connectivity index (χ0v) is 16.3. The van der Waals surface area contributed by atoms with Crippen molar-refractivity contribution in [3.8, 4) is 5.75 Å². The van der Waals surface area contributed by atoms with E-state index >= 15 is 0 Å². The number of carboxylic acid groups (broad SMARTS) is 1. The number of hydrogen-bond donors (Lipinski definition) is 2. The van der Waals surface area contributed by atoms with E-state index in [9.17, 15) is 14.4 Å². The first kappa shape index (κ1) is 20.7. The molecule has 0 aliphatic carbocycles. The molecule has 0 aromatic heterocycles. The van der Waals surface area contributed by atoms with E-state index < -0.39 is 17.4 Å². The number of rotatable bonds is 8. The zero-order valence-electron chi connectivity index (χ0n) is 16.3. The molecule has 2 atom stereocenters. The molecule has 27 heavy (non-hydrogen) atoms. The van der Waals surface area contributed by atoms with E-state index in [2.05, 4.69) is 5.32 Å². The van der Waals surface area contributed by atoms with Crippen molar-refractivity contribution in [3.05, 3.63) is 29.8 Å². The molecule has 7 heteroatoms. The molecule has 1 saturated heterocycles. The lowest BCUT2D eigenvalue weighted by Gasteiger charge is -2.34. The second kappa shape index (κ2) is 8.41. The zero-order chi connectivity index (χ0) is 20.2. The first-order valence-corrected chi connectivity index (χ1v) is 9.09. The van der Waals surface area contributed by atoms with Crippen LogP contribution in [0.1, 0.15) is 39.2 Å². The molecule has 2 N–H and O–H groups in total. The van der Waals surface area contributed by atoms with Crippen LogP contribution in [-0.4, -0.2) is 47.0 Å². The van der Waals surface area contributed by atoms with Gasteiger partial charge in [0, 0.05) is 25.0 Å². The molecule has 1 aliphatic rings. The molecule has 0 saturated carbocycles. The van der Waals surface area contributed by atoms with Crippen molar-refractivity contribution in [1.82, 2.24) is 10.2 Å². The third-order valence-corrected chi connectivity index (χ3v) is 5.32. The van der Waals surface area contributed by atoms with Gasteiger partial charge in [0.05, 0.1) is 19.4 Å². The summed E-state index contributed by atoms with van der Waals surface area (Å²) in [6.45, 7) is 6.24. The minimum Gasteiger partial charge on any atom is -0.497 e. The van der Waals surface area contributed by atoms with E-state index in [1.165, 1.54) is 0 Å². The fourth-order valence-electron chi connectivity index (χ4n) is 3.14. The molecule has 2 amide bonds. The molecule has 1 aromatic carbocycles. The van der Waals surface area contributed by atoms with Gasteiger partial charge in [0.2, 0.25) is 11.8 Å². The molecular weight excluding hydrogens is 348 g/mol. The number of hydrogen-bond acceptors (Lipinski definition) is 4. The van der Waals surface area contributed by atoms with Gasteiger partial charge in [0.1, 0.15) is 5.75 Å². The highest BCUT2D eigenvalue weighted by atomic mass is 16.5. The van der Waals surface area contributed by atoms with Crippen molar-refractivity contribution >= 4 is 17.8 Å². The smallest absolute Gasteiger partial charge is 0.305 e. The minimum absolute atomic E-state index is 0.0509. The highest BCUT2D eigenvalue weighted by molar-refractivity contribution is 5.89. The Kier molecular flexibility index (Phi) is 6.46. The SMILES string of the molecule is COc1ccc(CN2CC(C(=O)NC(C)(CC(=O)O)C(C)C)CC2=O)cc1. The summed E-state index contributed by atoms with van der Waals surface area (Å²) in [6.07, 6.45) is -0.0180. The highest BCUT2D eigenvalue weighted by Crippen LogP contribution is 2.25. The normalized spacial score (nSPS) is 19.1. The molecule has 0 bridgehead atoms. The third-order valence-electron chi connectivity index (χ3n) is 5.32. The van der Waals surface area contributed by atoms with Crippen molar-refractivity contribution < 1.29 is 24.2 Å². The second-order valence-corrected chi connectivity index (χ2v) is 7.66. The number of carboxylic acids is 1. The van der Waals surface area contributed by atoms with Gasteiger partial charge in [0.15, 0.2) is 0 Å². The van der Waals surface area contributed by atoms with Crippen LogP contribution in [0, 0.1) is 11.8 Å². The van der Waals surface area contributed by atoms with Crippen LogP contribution in [0.2, 0.25) is 0 Å². The molecule has 1 fully saturated rings. The number of ether oxygens (including phenoxy) is 1. The molecule has 1 aromatic rings. The highest BCUT2D eigenvalue weighted by Gasteiger charge is 2.39. The number of nitrogens with one attached hydrogen (secondary N) is 1. The molecule has 7 nitrogen and oxygen atoms in total. The van der Waals surface area contributed by atoms with Gasteiger partial charge in [-0.1, -0.05) is 26.0 Å². The van der Waals surface area contributed by atoms with Crippen LogP contribution in [-0.2, 0) is 20.9 Å². The largest absolute Gasteiger partial charge is 0.497 e. The predicted molar refractivity (Wildman–Crippen MR) is 100 cm³/mol. The van der Waals surface area contributed by atoms with Gasteiger partial charge in [-0.15, -0.1) is 0 Å². The van der Waals surface area contributed by atoms with E-state index in [1.807, 2.05) is 38.1 Å². The Morgan fingerprint density at radius 1 is 1.33 bits per heavy atom. The van der Waals surface area contributed by atoms with Gasteiger partial charge in [-0.25, -0.2) is 0 Å².